The van der Waals surface area contributed by atoms with Crippen molar-refractivity contribution >= 4 is 27.4 Å². The molecule has 4 heterocycles. The summed E-state index contributed by atoms with van der Waals surface area (Å²) in [6.45, 7) is 4.15. The van der Waals surface area contributed by atoms with Gasteiger partial charge in [-0.1, -0.05) is 0 Å². The van der Waals surface area contributed by atoms with Gasteiger partial charge >= 0.3 is 6.18 Å². The van der Waals surface area contributed by atoms with Gasteiger partial charge in [0.25, 0.3) is 0 Å². The molecule has 2 aliphatic heterocycles. The largest absolute Gasteiger partial charge is 0.393 e. The first-order chi connectivity index (χ1) is 11.2. The van der Waals surface area contributed by atoms with Crippen LogP contribution in [0.15, 0.2) is 6.07 Å². The first-order valence-corrected chi connectivity index (χ1v) is 9.02. The van der Waals surface area contributed by atoms with Crippen molar-refractivity contribution in [1.29, 1.82) is 0 Å². The van der Waals surface area contributed by atoms with Gasteiger partial charge in [0.2, 0.25) is 0 Å². The molecule has 2 aliphatic rings. The molecule has 1 atom stereocenters. The van der Waals surface area contributed by atoms with Gasteiger partial charge in [0, 0.05) is 37.0 Å². The van der Waals surface area contributed by atoms with Crippen LogP contribution in [0.2, 0.25) is 0 Å². The lowest BCUT2D eigenvalue weighted by Gasteiger charge is -2.24. The Hall–Kier alpha value is -1.28. The SMILES string of the molecule is CN1CCC2(CCN(c3c4cc(CC(F)(F)F)sc4nn3C)C2)C1. The number of nitrogens with zero attached hydrogens (tertiary/aromatic N) is 4. The number of thiophene rings is 1. The second-order valence-corrected chi connectivity index (χ2v) is 8.45. The molecule has 2 fully saturated rings. The van der Waals surface area contributed by atoms with E-state index in [1.54, 1.807) is 6.07 Å². The number of hydrogen-bond donors (Lipinski definition) is 0. The highest BCUT2D eigenvalue weighted by Crippen LogP contribution is 2.43. The van der Waals surface area contributed by atoms with Gasteiger partial charge in [-0.15, -0.1) is 11.3 Å². The number of aromatic nitrogens is 2. The van der Waals surface area contributed by atoms with Crippen LogP contribution in [0.25, 0.3) is 10.2 Å². The molecule has 0 aliphatic carbocycles. The normalized spacial score (nSPS) is 25.6. The number of fused-ring (bicyclic) bond motifs is 1. The molecule has 4 nitrogen and oxygen atoms in total. The monoisotopic (exact) mass is 358 g/mol. The Balaban J connectivity index is 1.63. The summed E-state index contributed by atoms with van der Waals surface area (Å²) in [5.41, 5.74) is 0.330. The van der Waals surface area contributed by atoms with Crippen LogP contribution < -0.4 is 4.90 Å². The molecule has 2 saturated heterocycles. The van der Waals surface area contributed by atoms with Crippen molar-refractivity contribution in [3.8, 4) is 0 Å². The lowest BCUT2D eigenvalue weighted by Crippen LogP contribution is -2.30. The Labute approximate surface area is 142 Å². The van der Waals surface area contributed by atoms with Crippen LogP contribution in [0.5, 0.6) is 0 Å². The van der Waals surface area contributed by atoms with Gasteiger partial charge in [0.15, 0.2) is 0 Å². The Morgan fingerprint density at radius 1 is 1.21 bits per heavy atom. The van der Waals surface area contributed by atoms with Crippen molar-refractivity contribution < 1.29 is 13.2 Å². The van der Waals surface area contributed by atoms with Gasteiger partial charge in [-0.3, -0.25) is 4.68 Å². The minimum atomic E-state index is -4.17. The molecule has 24 heavy (non-hydrogen) atoms. The van der Waals surface area contributed by atoms with E-state index < -0.39 is 12.6 Å². The van der Waals surface area contributed by atoms with Crippen LogP contribution in [0, 0.1) is 5.41 Å². The molecule has 0 saturated carbocycles. The van der Waals surface area contributed by atoms with Crippen LogP contribution >= 0.6 is 11.3 Å². The summed E-state index contributed by atoms with van der Waals surface area (Å²) in [5, 5.41) is 5.32. The molecular formula is C16H21F3N4S. The Bertz CT molecular complexity index is 765. The number of hydrogen-bond acceptors (Lipinski definition) is 4. The number of aryl methyl sites for hydroxylation is 1. The number of anilines is 1. The van der Waals surface area contributed by atoms with Crippen LogP contribution in [0.1, 0.15) is 17.7 Å². The molecule has 1 unspecified atom stereocenters. The summed E-state index contributed by atoms with van der Waals surface area (Å²) in [6.07, 6.45) is -2.70. The maximum atomic E-state index is 12.7. The maximum absolute atomic E-state index is 12.7. The Morgan fingerprint density at radius 3 is 2.62 bits per heavy atom. The van der Waals surface area contributed by atoms with Gasteiger partial charge in [-0.25, -0.2) is 0 Å². The van der Waals surface area contributed by atoms with Crippen molar-refractivity contribution in [3.63, 3.8) is 0 Å². The fraction of sp³-hybridized carbons (Fsp3) is 0.688. The quantitative estimate of drug-likeness (QED) is 0.824. The average molecular weight is 358 g/mol. The topological polar surface area (TPSA) is 24.3 Å². The van der Waals surface area contributed by atoms with Gasteiger partial charge in [0.05, 0.1) is 11.8 Å². The van der Waals surface area contributed by atoms with E-state index in [2.05, 4.69) is 21.9 Å². The van der Waals surface area contributed by atoms with Crippen LogP contribution in [0.4, 0.5) is 19.0 Å². The van der Waals surface area contributed by atoms with E-state index >= 15 is 0 Å². The fourth-order valence-corrected chi connectivity index (χ4v) is 5.38. The first kappa shape index (κ1) is 16.2. The number of halogens is 3. The maximum Gasteiger partial charge on any atom is 0.393 e. The van der Waals surface area contributed by atoms with Crippen molar-refractivity contribution in [1.82, 2.24) is 14.7 Å². The van der Waals surface area contributed by atoms with E-state index in [0.29, 0.717) is 15.1 Å². The summed E-state index contributed by atoms with van der Waals surface area (Å²) >= 11 is 1.16. The van der Waals surface area contributed by atoms with Gasteiger partial charge in [-0.2, -0.15) is 18.3 Å². The summed E-state index contributed by atoms with van der Waals surface area (Å²) in [4.78, 5) is 5.74. The van der Waals surface area contributed by atoms with E-state index in [4.69, 9.17) is 0 Å². The van der Waals surface area contributed by atoms with Gasteiger partial charge in [0.1, 0.15) is 10.6 Å². The molecule has 2 aromatic heterocycles. The van der Waals surface area contributed by atoms with Crippen LogP contribution in [-0.2, 0) is 13.5 Å². The summed E-state index contributed by atoms with van der Waals surface area (Å²) in [7, 11) is 4.04. The molecule has 2 aromatic rings. The molecule has 0 bridgehead atoms. The standard InChI is InChI=1S/C16H21F3N4S/c1-21-5-3-15(9-21)4-6-23(10-15)14-12-7-11(8-16(17,18)19)24-13(12)20-22(14)2/h7H,3-6,8-10H2,1-2H3. The third-order valence-corrected chi connectivity index (χ3v) is 6.31. The van der Waals surface area contributed by atoms with E-state index in [1.165, 1.54) is 6.42 Å². The molecule has 8 heteroatoms. The van der Waals surface area contributed by atoms with Crippen molar-refractivity contribution in [3.05, 3.63) is 10.9 Å². The van der Waals surface area contributed by atoms with E-state index in [9.17, 15) is 13.2 Å². The molecule has 4 rings (SSSR count). The smallest absolute Gasteiger partial charge is 0.356 e. The predicted octanol–water partition coefficient (Wildman–Crippen LogP) is 3.27. The molecule has 0 aromatic carbocycles. The van der Waals surface area contributed by atoms with Crippen LogP contribution in [-0.4, -0.2) is 54.1 Å². The lowest BCUT2D eigenvalue weighted by molar-refractivity contribution is -0.126. The van der Waals surface area contributed by atoms with E-state index in [-0.39, 0.29) is 0 Å². The minimum absolute atomic E-state index is 0.330. The molecular weight excluding hydrogens is 337 g/mol. The Kier molecular flexibility index (Phi) is 3.62. The zero-order chi connectivity index (χ0) is 17.1. The number of likely N-dealkylation sites (tertiary alicyclic amines) is 1. The second kappa shape index (κ2) is 5.36. The predicted molar refractivity (Wildman–Crippen MR) is 89.7 cm³/mol. The molecule has 0 radical (unpaired) electrons. The van der Waals surface area contributed by atoms with Crippen LogP contribution in [0.3, 0.4) is 0 Å². The second-order valence-electron chi connectivity index (χ2n) is 7.33. The zero-order valence-corrected chi connectivity index (χ0v) is 14.7. The molecule has 132 valence electrons. The lowest BCUT2D eigenvalue weighted by atomic mass is 9.86. The van der Waals surface area contributed by atoms with Gasteiger partial charge < -0.3 is 9.80 Å². The summed E-state index contributed by atoms with van der Waals surface area (Å²) < 4.78 is 39.8. The average Bonchev–Trinajstić information content (AvgIpc) is 3.15. The molecule has 0 amide bonds. The molecule has 1 spiro atoms. The Morgan fingerprint density at radius 2 is 1.96 bits per heavy atom. The highest BCUT2D eigenvalue weighted by molar-refractivity contribution is 7.18. The number of alkyl halides is 3. The first-order valence-electron chi connectivity index (χ1n) is 8.20. The highest BCUT2D eigenvalue weighted by atomic mass is 32.1. The van der Waals surface area contributed by atoms with E-state index in [0.717, 1.165) is 55.1 Å². The summed E-state index contributed by atoms with van der Waals surface area (Å²) in [6, 6.07) is 1.68. The third kappa shape index (κ3) is 2.79. The minimum Gasteiger partial charge on any atom is -0.356 e. The summed E-state index contributed by atoms with van der Waals surface area (Å²) in [5.74, 6) is 0.973. The zero-order valence-electron chi connectivity index (χ0n) is 13.9. The number of rotatable bonds is 2. The third-order valence-electron chi connectivity index (χ3n) is 5.29. The van der Waals surface area contributed by atoms with Crippen molar-refractivity contribution in [2.45, 2.75) is 25.4 Å². The van der Waals surface area contributed by atoms with Crippen molar-refractivity contribution in [2.24, 2.45) is 12.5 Å². The van der Waals surface area contributed by atoms with Gasteiger partial charge in [-0.05, 0) is 32.5 Å². The van der Waals surface area contributed by atoms with Crippen molar-refractivity contribution in [2.75, 3.05) is 38.1 Å². The van der Waals surface area contributed by atoms with E-state index in [1.807, 2.05) is 11.7 Å². The molecule has 0 N–H and O–H groups in total. The fourth-order valence-electron chi connectivity index (χ4n) is 4.29. The highest BCUT2D eigenvalue weighted by Gasteiger charge is 2.43.